The predicted octanol–water partition coefficient (Wildman–Crippen LogP) is 3.30. The highest BCUT2D eigenvalue weighted by Gasteiger charge is 2.22. The topological polar surface area (TPSA) is 99.0 Å². The summed E-state index contributed by atoms with van der Waals surface area (Å²) in [4.78, 5) is 4.76. The Labute approximate surface area is 182 Å². The fraction of sp³-hybridized carbons (Fsp3) is 0.0870. The number of imidazole rings is 1. The number of aromatic nitrogens is 8. The van der Waals surface area contributed by atoms with E-state index in [-0.39, 0.29) is 11.6 Å². The zero-order valence-corrected chi connectivity index (χ0v) is 17.2. The number of nitrogens with zero attached hydrogens (tertiary/aromatic N) is 8. The lowest BCUT2D eigenvalue weighted by Gasteiger charge is -2.10. The van der Waals surface area contributed by atoms with Gasteiger partial charge in [0, 0.05) is 19.8 Å². The van der Waals surface area contributed by atoms with Crippen LogP contribution in [0, 0.1) is 0 Å². The highest BCUT2D eigenvalue weighted by atomic mass is 16.3. The summed E-state index contributed by atoms with van der Waals surface area (Å²) in [6, 6.07) is 19.8. The lowest BCUT2D eigenvalue weighted by atomic mass is 10.2. The van der Waals surface area contributed by atoms with Crippen molar-refractivity contribution in [3.8, 4) is 28.7 Å². The molecule has 4 aromatic heterocycles. The van der Waals surface area contributed by atoms with E-state index in [2.05, 4.69) is 32.5 Å². The molecule has 0 saturated carbocycles. The third-order valence-corrected chi connectivity index (χ3v) is 5.44. The highest BCUT2D eigenvalue weighted by molar-refractivity contribution is 5.81. The fourth-order valence-corrected chi connectivity index (χ4v) is 3.90. The first-order valence-corrected chi connectivity index (χ1v) is 10.1. The number of rotatable bonds is 4. The Hall–Kier alpha value is -4.53. The van der Waals surface area contributed by atoms with Crippen molar-refractivity contribution in [1.82, 2.24) is 39.1 Å². The molecule has 0 radical (unpaired) electrons. The van der Waals surface area contributed by atoms with E-state index in [1.54, 1.807) is 10.9 Å². The third kappa shape index (κ3) is 2.83. The molecule has 0 aliphatic rings. The van der Waals surface area contributed by atoms with E-state index in [1.165, 1.54) is 4.52 Å². The lowest BCUT2D eigenvalue weighted by Crippen LogP contribution is -2.06. The minimum Gasteiger partial charge on any atom is -0.492 e. The number of hydrogen-bond acceptors (Lipinski definition) is 6. The van der Waals surface area contributed by atoms with Crippen molar-refractivity contribution in [1.29, 1.82) is 0 Å². The molecule has 0 spiro atoms. The van der Waals surface area contributed by atoms with Gasteiger partial charge in [-0.3, -0.25) is 4.68 Å². The molecular formula is C23H18N8O. The summed E-state index contributed by atoms with van der Waals surface area (Å²) in [5.74, 6) is 0.402. The maximum Gasteiger partial charge on any atom is 0.246 e. The van der Waals surface area contributed by atoms with Crippen LogP contribution in [0.4, 0.5) is 0 Å². The summed E-state index contributed by atoms with van der Waals surface area (Å²) >= 11 is 0. The second-order valence-corrected chi connectivity index (χ2v) is 7.54. The van der Waals surface area contributed by atoms with Gasteiger partial charge in [0.1, 0.15) is 0 Å². The average Bonchev–Trinajstić information content (AvgIpc) is 3.52. The van der Waals surface area contributed by atoms with Gasteiger partial charge in [0.2, 0.25) is 5.88 Å². The third-order valence-electron chi connectivity index (χ3n) is 5.44. The summed E-state index contributed by atoms with van der Waals surface area (Å²) in [5, 5.41) is 28.6. The van der Waals surface area contributed by atoms with E-state index in [9.17, 15) is 5.11 Å². The van der Waals surface area contributed by atoms with Gasteiger partial charge in [0.25, 0.3) is 0 Å². The normalized spacial score (nSPS) is 11.5. The van der Waals surface area contributed by atoms with Gasteiger partial charge in [-0.15, -0.1) is 10.2 Å². The molecule has 0 unspecified atom stereocenters. The van der Waals surface area contributed by atoms with Gasteiger partial charge >= 0.3 is 0 Å². The van der Waals surface area contributed by atoms with Crippen LogP contribution in [-0.4, -0.2) is 44.2 Å². The Morgan fingerprint density at radius 2 is 1.75 bits per heavy atom. The van der Waals surface area contributed by atoms with Gasteiger partial charge in [-0.25, -0.2) is 4.98 Å². The Kier molecular flexibility index (Phi) is 4.00. The lowest BCUT2D eigenvalue weighted by molar-refractivity contribution is 0.432. The Morgan fingerprint density at radius 1 is 0.938 bits per heavy atom. The summed E-state index contributed by atoms with van der Waals surface area (Å²) in [7, 11) is 1.84. The van der Waals surface area contributed by atoms with Crippen molar-refractivity contribution in [3.05, 3.63) is 78.6 Å². The first-order chi connectivity index (χ1) is 15.7. The minimum absolute atomic E-state index is 0.123. The summed E-state index contributed by atoms with van der Waals surface area (Å²) in [6.45, 7) is 0.578. The summed E-state index contributed by atoms with van der Waals surface area (Å²) < 4.78 is 5.11. The minimum atomic E-state index is -0.123. The van der Waals surface area contributed by atoms with Crippen LogP contribution in [0.3, 0.4) is 0 Å². The molecule has 4 heterocycles. The molecule has 0 aliphatic carbocycles. The summed E-state index contributed by atoms with van der Waals surface area (Å²) in [6.07, 6.45) is 3.47. The molecule has 2 aromatic carbocycles. The van der Waals surface area contributed by atoms with Gasteiger partial charge in [0.15, 0.2) is 17.2 Å². The monoisotopic (exact) mass is 422 g/mol. The quantitative estimate of drug-likeness (QED) is 0.468. The number of benzene rings is 2. The van der Waals surface area contributed by atoms with Crippen LogP contribution in [-0.2, 0) is 13.6 Å². The van der Waals surface area contributed by atoms with E-state index >= 15 is 0 Å². The van der Waals surface area contributed by atoms with Crippen LogP contribution in [0.5, 0.6) is 5.88 Å². The van der Waals surface area contributed by atoms with Crippen LogP contribution in [0.25, 0.3) is 39.5 Å². The first kappa shape index (κ1) is 18.3. The van der Waals surface area contributed by atoms with Crippen LogP contribution < -0.4 is 0 Å². The van der Waals surface area contributed by atoms with Gasteiger partial charge in [0.05, 0.1) is 28.5 Å². The SMILES string of the molecule is Cn1ccc(-c2cnn3c(O)c(-c4nc5ccccc5n4Cc4ccccc4)nnc23)n1. The molecule has 6 aromatic rings. The van der Waals surface area contributed by atoms with Gasteiger partial charge < -0.3 is 9.67 Å². The van der Waals surface area contributed by atoms with Crippen molar-refractivity contribution in [2.75, 3.05) is 0 Å². The van der Waals surface area contributed by atoms with Crippen molar-refractivity contribution in [2.45, 2.75) is 6.54 Å². The molecule has 0 atom stereocenters. The van der Waals surface area contributed by atoms with Crippen LogP contribution in [0.2, 0.25) is 0 Å². The van der Waals surface area contributed by atoms with Crippen LogP contribution in [0.1, 0.15) is 5.56 Å². The molecule has 0 amide bonds. The highest BCUT2D eigenvalue weighted by Crippen LogP contribution is 2.32. The average molecular weight is 422 g/mol. The second kappa shape index (κ2) is 7.02. The molecule has 0 fully saturated rings. The van der Waals surface area contributed by atoms with Crippen molar-refractivity contribution >= 4 is 16.7 Å². The molecule has 0 saturated heterocycles. The van der Waals surface area contributed by atoms with Crippen LogP contribution >= 0.6 is 0 Å². The number of aryl methyl sites for hydroxylation is 1. The van der Waals surface area contributed by atoms with Gasteiger partial charge in [-0.1, -0.05) is 42.5 Å². The second-order valence-electron chi connectivity index (χ2n) is 7.54. The van der Waals surface area contributed by atoms with Crippen LogP contribution in [0.15, 0.2) is 73.1 Å². The molecule has 0 bridgehead atoms. The molecule has 9 heteroatoms. The Morgan fingerprint density at radius 3 is 2.56 bits per heavy atom. The number of para-hydroxylation sites is 2. The maximum atomic E-state index is 11.1. The number of aromatic hydroxyl groups is 1. The Balaban J connectivity index is 1.54. The van der Waals surface area contributed by atoms with E-state index in [4.69, 9.17) is 4.98 Å². The zero-order valence-electron chi connectivity index (χ0n) is 17.2. The zero-order chi connectivity index (χ0) is 21.7. The first-order valence-electron chi connectivity index (χ1n) is 10.1. The van der Waals surface area contributed by atoms with E-state index < -0.39 is 0 Å². The van der Waals surface area contributed by atoms with Gasteiger partial charge in [-0.05, 0) is 23.8 Å². The van der Waals surface area contributed by atoms with E-state index in [0.717, 1.165) is 16.6 Å². The predicted molar refractivity (Wildman–Crippen MR) is 119 cm³/mol. The fourth-order valence-electron chi connectivity index (χ4n) is 3.90. The Bertz CT molecular complexity index is 1580. The van der Waals surface area contributed by atoms with Crippen molar-refractivity contribution in [3.63, 3.8) is 0 Å². The molecular weight excluding hydrogens is 404 g/mol. The maximum absolute atomic E-state index is 11.1. The van der Waals surface area contributed by atoms with Crippen molar-refractivity contribution in [2.24, 2.45) is 7.05 Å². The summed E-state index contributed by atoms with van der Waals surface area (Å²) in [5.41, 5.74) is 4.97. The molecule has 156 valence electrons. The molecule has 9 nitrogen and oxygen atoms in total. The van der Waals surface area contributed by atoms with Gasteiger partial charge in [-0.2, -0.15) is 14.7 Å². The van der Waals surface area contributed by atoms with Crippen molar-refractivity contribution < 1.29 is 5.11 Å². The molecule has 32 heavy (non-hydrogen) atoms. The largest absolute Gasteiger partial charge is 0.492 e. The smallest absolute Gasteiger partial charge is 0.246 e. The molecule has 1 N–H and O–H groups in total. The number of hydrogen-bond donors (Lipinski definition) is 1. The van der Waals surface area contributed by atoms with E-state index in [0.29, 0.717) is 29.3 Å². The molecule has 0 aliphatic heterocycles. The number of fused-ring (bicyclic) bond motifs is 2. The molecule has 6 rings (SSSR count). The standard InChI is InChI=1S/C23H18N8O/c1-29-12-11-17(28-29)16-13-24-31-21(16)27-26-20(23(31)32)22-25-18-9-5-6-10-19(18)30(22)14-15-7-3-2-4-8-15/h2-13,32H,14H2,1H3. The van der Waals surface area contributed by atoms with E-state index in [1.807, 2.05) is 66.3 Å².